The van der Waals surface area contributed by atoms with E-state index < -0.39 is 0 Å². The second kappa shape index (κ2) is 8.18. The van der Waals surface area contributed by atoms with Gasteiger partial charge in [0, 0.05) is 13.2 Å². The molecule has 1 aliphatic heterocycles. The molecule has 1 atom stereocenters. The van der Waals surface area contributed by atoms with Gasteiger partial charge in [0.1, 0.15) is 0 Å². The van der Waals surface area contributed by atoms with Crippen molar-refractivity contribution in [2.75, 3.05) is 19.6 Å². The summed E-state index contributed by atoms with van der Waals surface area (Å²) in [6, 6.07) is 8.88. The summed E-state index contributed by atoms with van der Waals surface area (Å²) in [5.74, 6) is -0.0316. The molecule has 2 heterocycles. The molecule has 0 unspecified atom stereocenters. The maximum Gasteiger partial charge on any atom is 0.254 e. The smallest absolute Gasteiger partial charge is 0.254 e. The molecule has 0 saturated carbocycles. The highest BCUT2D eigenvalue weighted by Gasteiger charge is 2.42. The third-order valence-corrected chi connectivity index (χ3v) is 7.08. The molecule has 1 aliphatic carbocycles. The van der Waals surface area contributed by atoms with Crippen molar-refractivity contribution >= 4 is 5.91 Å². The van der Waals surface area contributed by atoms with Crippen molar-refractivity contribution in [1.29, 1.82) is 0 Å². The highest BCUT2D eigenvalue weighted by molar-refractivity contribution is 5.94. The first-order valence-electron chi connectivity index (χ1n) is 11.4. The Morgan fingerprint density at radius 2 is 1.93 bits per heavy atom. The number of piperidine rings is 1. The number of hydrogen-bond acceptors (Lipinski definition) is 3. The van der Waals surface area contributed by atoms with Crippen LogP contribution < -0.4 is 5.32 Å². The zero-order valence-electron chi connectivity index (χ0n) is 18.9. The first-order chi connectivity index (χ1) is 14.3. The lowest BCUT2D eigenvalue weighted by Crippen LogP contribution is -2.46. The summed E-state index contributed by atoms with van der Waals surface area (Å²) in [5, 5.41) is 7.40. The lowest BCUT2D eigenvalue weighted by atomic mass is 9.63. The average Bonchev–Trinajstić information content (AvgIpc) is 3.16. The fraction of sp³-hybridized carbons (Fsp3) is 0.600. The van der Waals surface area contributed by atoms with Crippen LogP contribution in [0.2, 0.25) is 0 Å². The molecule has 1 saturated heterocycles. The molecule has 1 aromatic heterocycles. The Bertz CT molecular complexity index is 887. The number of nitrogens with zero attached hydrogens (tertiary/aromatic N) is 3. The second-order valence-corrected chi connectivity index (χ2v) is 10.5. The normalized spacial score (nSPS) is 21.4. The van der Waals surface area contributed by atoms with Crippen molar-refractivity contribution in [3.05, 3.63) is 53.3 Å². The molecule has 1 N–H and O–H groups in total. The molecule has 162 valence electrons. The van der Waals surface area contributed by atoms with E-state index in [1.54, 1.807) is 17.1 Å². The van der Waals surface area contributed by atoms with Crippen LogP contribution in [0.5, 0.6) is 0 Å². The van der Waals surface area contributed by atoms with Gasteiger partial charge in [-0.1, -0.05) is 45.0 Å². The topological polar surface area (TPSA) is 50.2 Å². The van der Waals surface area contributed by atoms with Gasteiger partial charge in [-0.25, -0.2) is 0 Å². The van der Waals surface area contributed by atoms with E-state index in [1.807, 2.05) is 7.05 Å². The summed E-state index contributed by atoms with van der Waals surface area (Å²) in [6.07, 6.45) is 9.26. The molecule has 4 rings (SSSR count). The van der Waals surface area contributed by atoms with Gasteiger partial charge in [0.25, 0.3) is 5.91 Å². The van der Waals surface area contributed by atoms with Crippen LogP contribution in [0.3, 0.4) is 0 Å². The minimum Gasteiger partial charge on any atom is -0.345 e. The van der Waals surface area contributed by atoms with Crippen LogP contribution in [0.15, 0.2) is 36.7 Å². The molecule has 2 aromatic rings. The van der Waals surface area contributed by atoms with Crippen LogP contribution in [-0.4, -0.2) is 40.2 Å². The molecule has 5 heteroatoms. The average molecular weight is 409 g/mol. The SMILES string of the molecule is Cn1cc(C(=O)N[C@H]2CCC3(CCN(CCC(C)(C)C)CC3)c3ccccc32)cn1. The van der Waals surface area contributed by atoms with E-state index in [2.05, 4.69) is 60.4 Å². The Morgan fingerprint density at radius 3 is 2.60 bits per heavy atom. The minimum atomic E-state index is -0.0316. The molecule has 0 bridgehead atoms. The van der Waals surface area contributed by atoms with Crippen LogP contribution in [0.1, 0.15) is 80.4 Å². The van der Waals surface area contributed by atoms with Crippen molar-refractivity contribution in [2.45, 2.75) is 64.3 Å². The maximum atomic E-state index is 12.7. The van der Waals surface area contributed by atoms with Crippen molar-refractivity contribution in [3.63, 3.8) is 0 Å². The van der Waals surface area contributed by atoms with Gasteiger partial charge in [-0.3, -0.25) is 9.48 Å². The highest BCUT2D eigenvalue weighted by Crippen LogP contribution is 2.48. The number of fused-ring (bicyclic) bond motifs is 2. The fourth-order valence-corrected chi connectivity index (χ4v) is 5.14. The van der Waals surface area contributed by atoms with Crippen molar-refractivity contribution in [2.24, 2.45) is 12.5 Å². The van der Waals surface area contributed by atoms with Gasteiger partial charge >= 0.3 is 0 Å². The molecule has 30 heavy (non-hydrogen) atoms. The number of carbonyl (C=O) groups is 1. The first kappa shape index (κ1) is 21.1. The monoisotopic (exact) mass is 408 g/mol. The van der Waals surface area contributed by atoms with E-state index in [9.17, 15) is 4.79 Å². The molecule has 1 spiro atoms. The number of aryl methyl sites for hydroxylation is 1. The van der Waals surface area contributed by atoms with Gasteiger partial charge in [-0.15, -0.1) is 0 Å². The van der Waals surface area contributed by atoms with Gasteiger partial charge < -0.3 is 10.2 Å². The summed E-state index contributed by atoms with van der Waals surface area (Å²) >= 11 is 0. The largest absolute Gasteiger partial charge is 0.345 e. The summed E-state index contributed by atoms with van der Waals surface area (Å²) in [4.78, 5) is 15.4. The zero-order chi connectivity index (χ0) is 21.4. The Hall–Kier alpha value is -2.14. The third kappa shape index (κ3) is 4.46. The van der Waals surface area contributed by atoms with Gasteiger partial charge in [-0.05, 0) is 73.7 Å². The number of amides is 1. The van der Waals surface area contributed by atoms with Crippen LogP contribution in [0, 0.1) is 5.41 Å². The molecule has 1 aromatic carbocycles. The lowest BCUT2D eigenvalue weighted by Gasteiger charge is -2.47. The molecule has 1 fully saturated rings. The third-order valence-electron chi connectivity index (χ3n) is 7.08. The number of rotatable bonds is 4. The van der Waals surface area contributed by atoms with E-state index in [-0.39, 0.29) is 17.4 Å². The molecule has 2 aliphatic rings. The number of aromatic nitrogens is 2. The van der Waals surface area contributed by atoms with Crippen molar-refractivity contribution in [1.82, 2.24) is 20.0 Å². The quantitative estimate of drug-likeness (QED) is 0.813. The first-order valence-corrected chi connectivity index (χ1v) is 11.4. The Kier molecular flexibility index (Phi) is 5.75. The standard InChI is InChI=1S/C25H36N4O/c1-24(2,3)11-14-29-15-12-25(13-16-29)10-9-22(20-7-5-6-8-21(20)25)27-23(30)19-17-26-28(4)18-19/h5-8,17-18,22H,9-16H2,1-4H3,(H,27,30)/t22-/m0/s1. The number of benzene rings is 1. The predicted molar refractivity (Wildman–Crippen MR) is 121 cm³/mol. The zero-order valence-corrected chi connectivity index (χ0v) is 18.9. The highest BCUT2D eigenvalue weighted by atomic mass is 16.1. The number of likely N-dealkylation sites (tertiary alicyclic amines) is 1. The number of hydrogen-bond donors (Lipinski definition) is 1. The van der Waals surface area contributed by atoms with Gasteiger partial charge in [-0.2, -0.15) is 5.10 Å². The molecule has 5 nitrogen and oxygen atoms in total. The van der Waals surface area contributed by atoms with Gasteiger partial charge in [0.15, 0.2) is 0 Å². The second-order valence-electron chi connectivity index (χ2n) is 10.5. The molecular formula is C25H36N4O. The molecule has 0 radical (unpaired) electrons. The summed E-state index contributed by atoms with van der Waals surface area (Å²) in [6.45, 7) is 10.5. The minimum absolute atomic E-state index is 0.0316. The van der Waals surface area contributed by atoms with Crippen molar-refractivity contribution < 1.29 is 4.79 Å². The Labute approximate surface area is 180 Å². The summed E-state index contributed by atoms with van der Waals surface area (Å²) in [5.41, 5.74) is 4.06. The van der Waals surface area contributed by atoms with Crippen LogP contribution in [-0.2, 0) is 12.5 Å². The van der Waals surface area contributed by atoms with E-state index in [0.717, 1.165) is 12.8 Å². The van der Waals surface area contributed by atoms with Gasteiger partial charge in [0.05, 0.1) is 17.8 Å². The lowest BCUT2D eigenvalue weighted by molar-refractivity contribution is 0.0914. The van der Waals surface area contributed by atoms with Crippen LogP contribution >= 0.6 is 0 Å². The van der Waals surface area contributed by atoms with E-state index in [4.69, 9.17) is 0 Å². The molecular weight excluding hydrogens is 372 g/mol. The molecule has 1 amide bonds. The fourth-order valence-electron chi connectivity index (χ4n) is 5.14. The van der Waals surface area contributed by atoms with E-state index in [0.29, 0.717) is 11.0 Å². The van der Waals surface area contributed by atoms with E-state index in [1.165, 1.54) is 50.0 Å². The number of nitrogens with one attached hydrogen (secondary N) is 1. The maximum absolute atomic E-state index is 12.7. The summed E-state index contributed by atoms with van der Waals surface area (Å²) in [7, 11) is 1.84. The van der Waals surface area contributed by atoms with Gasteiger partial charge in [0.2, 0.25) is 0 Å². The predicted octanol–water partition coefficient (Wildman–Crippen LogP) is 4.45. The van der Waals surface area contributed by atoms with Crippen molar-refractivity contribution in [3.8, 4) is 0 Å². The van der Waals surface area contributed by atoms with Crippen LogP contribution in [0.4, 0.5) is 0 Å². The Morgan fingerprint density at radius 1 is 1.20 bits per heavy atom. The summed E-state index contributed by atoms with van der Waals surface area (Å²) < 4.78 is 1.67. The number of carbonyl (C=O) groups excluding carboxylic acids is 1. The van der Waals surface area contributed by atoms with E-state index >= 15 is 0 Å². The van der Waals surface area contributed by atoms with Crippen LogP contribution in [0.25, 0.3) is 0 Å². The Balaban J connectivity index is 1.47.